The molecule has 0 aromatic rings. The van der Waals surface area contributed by atoms with Crippen LogP contribution in [0.2, 0.25) is 0 Å². The average molecular weight is 129 g/mol. The fraction of sp³-hybridized carbons (Fsp3) is 0.833. The van der Waals surface area contributed by atoms with Gasteiger partial charge in [-0.05, 0) is 6.42 Å². The number of rotatable bonds is 5. The van der Waals surface area contributed by atoms with Crippen LogP contribution in [0.5, 0.6) is 0 Å². The van der Waals surface area contributed by atoms with Crippen molar-refractivity contribution >= 4 is 0 Å². The zero-order valence-corrected chi connectivity index (χ0v) is 5.76. The monoisotopic (exact) mass is 129 g/mol. The van der Waals surface area contributed by atoms with Crippen LogP contribution in [0.1, 0.15) is 26.2 Å². The van der Waals surface area contributed by atoms with Crippen molar-refractivity contribution in [3.8, 4) is 6.19 Å². The lowest BCUT2D eigenvalue weighted by Crippen LogP contribution is -2.77. The maximum atomic E-state index is 7.99. The number of nitrogens with two attached hydrogens (primary N) is 1. The van der Waals surface area contributed by atoms with Crippen molar-refractivity contribution in [1.82, 2.24) is 0 Å². The highest BCUT2D eigenvalue weighted by atomic mass is 16.6. The number of hydrogen-bond acceptors (Lipinski definition) is 2. The van der Waals surface area contributed by atoms with E-state index in [1.807, 2.05) is 0 Å². The summed E-state index contributed by atoms with van der Waals surface area (Å²) in [6.07, 6.45) is 5.22. The molecule has 3 heteroatoms. The third-order valence-corrected chi connectivity index (χ3v) is 1.00. The molecule has 0 bridgehead atoms. The molecule has 0 radical (unpaired) electrons. The highest BCUT2D eigenvalue weighted by Crippen LogP contribution is 1.90. The number of hydroxylamine groups is 1. The molecule has 2 N–H and O–H groups in total. The van der Waals surface area contributed by atoms with Crippen molar-refractivity contribution < 1.29 is 10.3 Å². The Hall–Kier alpha value is -0.590. The topological polar surface area (TPSA) is 49.6 Å². The van der Waals surface area contributed by atoms with Gasteiger partial charge in [-0.2, -0.15) is 4.84 Å². The smallest absolute Gasteiger partial charge is 0.191 e. The van der Waals surface area contributed by atoms with Crippen molar-refractivity contribution in [3.05, 3.63) is 0 Å². The summed E-state index contributed by atoms with van der Waals surface area (Å²) in [5, 5.41) is 7.99. The van der Waals surface area contributed by atoms with Gasteiger partial charge in [0.15, 0.2) is 0 Å². The number of nitrogens with zero attached hydrogens (tertiary/aromatic N) is 1. The van der Waals surface area contributed by atoms with Gasteiger partial charge in [0.25, 0.3) is 0 Å². The molecule has 0 spiro atoms. The summed E-state index contributed by atoms with van der Waals surface area (Å²) in [7, 11) is 0. The molecule has 0 heterocycles. The van der Waals surface area contributed by atoms with Crippen LogP contribution >= 0.6 is 0 Å². The highest BCUT2D eigenvalue weighted by Gasteiger charge is 1.87. The molecule has 9 heavy (non-hydrogen) atoms. The van der Waals surface area contributed by atoms with Crippen molar-refractivity contribution in [1.29, 1.82) is 5.26 Å². The predicted octanol–water partition coefficient (Wildman–Crippen LogP) is 0.153. The summed E-state index contributed by atoms with van der Waals surface area (Å²) in [5.41, 5.74) is 1.18. The van der Waals surface area contributed by atoms with E-state index in [1.165, 1.54) is 18.3 Å². The molecule has 0 rings (SSSR count). The van der Waals surface area contributed by atoms with Gasteiger partial charge in [0, 0.05) is 0 Å². The van der Waals surface area contributed by atoms with E-state index in [1.54, 1.807) is 6.19 Å². The van der Waals surface area contributed by atoms with Crippen LogP contribution in [0.25, 0.3) is 0 Å². The van der Waals surface area contributed by atoms with Gasteiger partial charge in [0.1, 0.15) is 6.61 Å². The van der Waals surface area contributed by atoms with Crippen LogP contribution in [-0.4, -0.2) is 6.61 Å². The summed E-state index contributed by atoms with van der Waals surface area (Å²) in [4.78, 5) is 4.80. The van der Waals surface area contributed by atoms with Gasteiger partial charge < -0.3 is 0 Å². The minimum Gasteiger partial charge on any atom is -0.191 e. The SMILES string of the molecule is CCCCCO[NH2+]C#N. The molecule has 0 aliphatic rings. The van der Waals surface area contributed by atoms with Gasteiger partial charge in [-0.15, -0.1) is 10.7 Å². The Balaban J connectivity index is 2.69. The zero-order chi connectivity index (χ0) is 6.95. The Morgan fingerprint density at radius 2 is 2.33 bits per heavy atom. The first-order valence-corrected chi connectivity index (χ1v) is 3.24. The van der Waals surface area contributed by atoms with Crippen molar-refractivity contribution in [2.75, 3.05) is 6.61 Å². The molecular weight excluding hydrogens is 116 g/mol. The van der Waals surface area contributed by atoms with Gasteiger partial charge in [-0.25, -0.2) is 0 Å². The Bertz CT molecular complexity index is 87.5. The van der Waals surface area contributed by atoms with Gasteiger partial charge in [0.2, 0.25) is 0 Å². The summed E-state index contributed by atoms with van der Waals surface area (Å²) in [6.45, 7) is 2.81. The molecule has 0 atom stereocenters. The second-order valence-electron chi connectivity index (χ2n) is 1.82. The first-order chi connectivity index (χ1) is 4.41. The zero-order valence-electron chi connectivity index (χ0n) is 5.76. The molecule has 3 nitrogen and oxygen atoms in total. The maximum absolute atomic E-state index is 7.99. The van der Waals surface area contributed by atoms with E-state index in [2.05, 4.69) is 6.92 Å². The van der Waals surface area contributed by atoms with Gasteiger partial charge in [0.05, 0.1) is 0 Å². The molecular formula is C6H13N2O+. The van der Waals surface area contributed by atoms with E-state index in [0.29, 0.717) is 6.61 Å². The third-order valence-electron chi connectivity index (χ3n) is 1.00. The Labute approximate surface area is 55.6 Å². The summed E-state index contributed by atoms with van der Waals surface area (Å²) >= 11 is 0. The molecule has 0 aliphatic heterocycles. The Morgan fingerprint density at radius 1 is 1.56 bits per heavy atom. The van der Waals surface area contributed by atoms with Gasteiger partial charge in [-0.1, -0.05) is 19.8 Å². The number of nitriles is 1. The van der Waals surface area contributed by atoms with Crippen LogP contribution in [-0.2, 0) is 4.84 Å². The standard InChI is InChI=1S/C6H12N2O/c1-2-3-4-5-9-8-6-7/h8H,2-5H2,1H3/p+1. The molecule has 0 aromatic heterocycles. The molecule has 52 valence electrons. The fourth-order valence-electron chi connectivity index (χ4n) is 0.532. The Morgan fingerprint density at radius 3 is 2.89 bits per heavy atom. The fourth-order valence-corrected chi connectivity index (χ4v) is 0.532. The van der Waals surface area contributed by atoms with Crippen molar-refractivity contribution in [2.24, 2.45) is 0 Å². The van der Waals surface area contributed by atoms with Crippen LogP contribution in [0.15, 0.2) is 0 Å². The highest BCUT2D eigenvalue weighted by molar-refractivity contribution is 4.33. The van der Waals surface area contributed by atoms with Crippen LogP contribution in [0.3, 0.4) is 0 Å². The number of hydrogen-bond donors (Lipinski definition) is 1. The van der Waals surface area contributed by atoms with E-state index in [-0.39, 0.29) is 0 Å². The lowest BCUT2D eigenvalue weighted by atomic mass is 10.3. The summed E-state index contributed by atoms with van der Waals surface area (Å²) in [5.74, 6) is 0. The van der Waals surface area contributed by atoms with E-state index in [0.717, 1.165) is 6.42 Å². The van der Waals surface area contributed by atoms with E-state index >= 15 is 0 Å². The average Bonchev–Trinajstić information content (AvgIpc) is 1.89. The van der Waals surface area contributed by atoms with Gasteiger partial charge in [-0.3, -0.25) is 0 Å². The number of quaternary nitrogens is 1. The number of unbranched alkanes of at least 4 members (excludes halogenated alkanes) is 2. The van der Waals surface area contributed by atoms with Crippen LogP contribution < -0.4 is 5.48 Å². The van der Waals surface area contributed by atoms with Gasteiger partial charge >= 0.3 is 6.19 Å². The summed E-state index contributed by atoms with van der Waals surface area (Å²) < 4.78 is 0. The Kier molecular flexibility index (Phi) is 6.92. The predicted molar refractivity (Wildman–Crippen MR) is 33.0 cm³/mol. The van der Waals surface area contributed by atoms with Crippen molar-refractivity contribution in [2.45, 2.75) is 26.2 Å². The quantitative estimate of drug-likeness (QED) is 0.326. The molecule has 0 aliphatic carbocycles. The molecule has 0 fully saturated rings. The third kappa shape index (κ3) is 7.41. The summed E-state index contributed by atoms with van der Waals surface area (Å²) in [6, 6.07) is 0. The normalized spacial score (nSPS) is 8.89. The first-order valence-electron chi connectivity index (χ1n) is 3.24. The lowest BCUT2D eigenvalue weighted by Gasteiger charge is -1.92. The van der Waals surface area contributed by atoms with Crippen molar-refractivity contribution in [3.63, 3.8) is 0 Å². The largest absolute Gasteiger partial charge is 0.341 e. The molecule has 0 unspecified atom stereocenters. The minimum atomic E-state index is 0.682. The lowest BCUT2D eigenvalue weighted by molar-refractivity contribution is -0.836. The van der Waals surface area contributed by atoms with E-state index in [9.17, 15) is 0 Å². The second kappa shape index (κ2) is 7.41. The van der Waals surface area contributed by atoms with Crippen LogP contribution in [0.4, 0.5) is 0 Å². The maximum Gasteiger partial charge on any atom is 0.341 e. The molecule has 0 saturated heterocycles. The van der Waals surface area contributed by atoms with E-state index < -0.39 is 0 Å². The second-order valence-corrected chi connectivity index (χ2v) is 1.82. The molecule has 0 saturated carbocycles. The molecule has 0 amide bonds. The minimum absolute atomic E-state index is 0.682. The van der Waals surface area contributed by atoms with Crippen LogP contribution in [0, 0.1) is 11.5 Å². The first kappa shape index (κ1) is 8.41. The molecule has 0 aromatic carbocycles. The van der Waals surface area contributed by atoms with E-state index in [4.69, 9.17) is 10.1 Å².